The summed E-state index contributed by atoms with van der Waals surface area (Å²) in [6.07, 6.45) is -0.269. The van der Waals surface area contributed by atoms with Crippen LogP contribution in [0.2, 0.25) is 0 Å². The number of aliphatic carboxylic acids is 3. The number of nitrogens with one attached hydrogen (secondary N) is 1. The first-order valence-electron chi connectivity index (χ1n) is 7.04. The number of hydrogen-bond acceptors (Lipinski definition) is 6. The summed E-state index contributed by atoms with van der Waals surface area (Å²) in [5.74, 6) is -4.70. The molecule has 0 bridgehead atoms. The van der Waals surface area contributed by atoms with E-state index in [4.69, 9.17) is 26.8 Å². The molecule has 0 aliphatic rings. The maximum absolute atomic E-state index is 11.1. The van der Waals surface area contributed by atoms with Crippen molar-refractivity contribution < 1.29 is 39.3 Å². The lowest BCUT2D eigenvalue weighted by Crippen LogP contribution is -2.41. The van der Waals surface area contributed by atoms with Crippen molar-refractivity contribution in [1.82, 2.24) is 5.32 Å². The van der Waals surface area contributed by atoms with Crippen LogP contribution in [-0.4, -0.2) is 57.6 Å². The Balaban J connectivity index is 0. The molecule has 0 aliphatic heterocycles. The molecule has 24 heavy (non-hydrogen) atoms. The van der Waals surface area contributed by atoms with Crippen molar-refractivity contribution in [3.05, 3.63) is 0 Å². The first kappa shape index (κ1) is 23.6. The third-order valence-corrected chi connectivity index (χ3v) is 2.47. The Bertz CT molecular complexity index is 452. The van der Waals surface area contributed by atoms with E-state index in [1.54, 1.807) is 0 Å². The van der Waals surface area contributed by atoms with Crippen molar-refractivity contribution in [2.24, 2.45) is 11.5 Å². The molecule has 1 unspecified atom stereocenters. The summed E-state index contributed by atoms with van der Waals surface area (Å²) in [5.41, 5.74) is 9.85. The fourth-order valence-corrected chi connectivity index (χ4v) is 1.29. The molecule has 0 heterocycles. The minimum Gasteiger partial charge on any atom is -0.481 e. The number of carboxylic acids is 3. The fraction of sp³-hybridized carbons (Fsp3) is 0.615. The molecule has 0 aromatic rings. The highest BCUT2D eigenvalue weighted by Gasteiger charge is 2.20. The molecule has 0 aromatic heterocycles. The molecule has 2 amide bonds. The summed E-state index contributed by atoms with van der Waals surface area (Å²) in [7, 11) is 0. The Kier molecular flexibility index (Phi) is 13.7. The number of carbonyl (C=O) groups is 5. The Hall–Kier alpha value is -2.69. The number of primary amides is 1. The first-order chi connectivity index (χ1) is 11.1. The van der Waals surface area contributed by atoms with Crippen LogP contribution in [0, 0.1) is 0 Å². The molecule has 11 heteroatoms. The van der Waals surface area contributed by atoms with E-state index in [1.807, 2.05) is 0 Å². The van der Waals surface area contributed by atoms with Gasteiger partial charge in [0.15, 0.2) is 0 Å². The Labute approximate surface area is 138 Å². The van der Waals surface area contributed by atoms with Gasteiger partial charge in [-0.3, -0.25) is 19.2 Å². The Morgan fingerprint density at radius 1 is 0.875 bits per heavy atom. The zero-order valence-corrected chi connectivity index (χ0v) is 13.1. The summed E-state index contributed by atoms with van der Waals surface area (Å²) in [6.45, 7) is 0.545. The quantitative estimate of drug-likeness (QED) is 0.256. The predicted octanol–water partition coefficient (Wildman–Crippen LogP) is -1.50. The lowest BCUT2D eigenvalue weighted by Gasteiger charge is -2.12. The molecule has 0 saturated carbocycles. The van der Waals surface area contributed by atoms with Crippen LogP contribution in [0.4, 0.5) is 0 Å². The minimum absolute atomic E-state index is 0.247. The van der Waals surface area contributed by atoms with E-state index in [2.05, 4.69) is 5.32 Å². The van der Waals surface area contributed by atoms with Crippen LogP contribution in [0.25, 0.3) is 0 Å². The second-order valence-electron chi connectivity index (χ2n) is 4.64. The SMILES string of the molecule is NCCCC(N)=O.O=C(O)CCC(=O)NC(CCC(=O)O)C(=O)O. The summed E-state index contributed by atoms with van der Waals surface area (Å²) in [5, 5.41) is 27.4. The Morgan fingerprint density at radius 3 is 1.75 bits per heavy atom. The predicted molar refractivity (Wildman–Crippen MR) is 80.8 cm³/mol. The highest BCUT2D eigenvalue weighted by molar-refractivity contribution is 5.85. The van der Waals surface area contributed by atoms with Gasteiger partial charge in [-0.1, -0.05) is 0 Å². The van der Waals surface area contributed by atoms with E-state index in [-0.39, 0.29) is 18.7 Å². The minimum atomic E-state index is -1.35. The number of carbonyl (C=O) groups excluding carboxylic acids is 2. The second kappa shape index (κ2) is 13.9. The van der Waals surface area contributed by atoms with Crippen LogP contribution in [0.3, 0.4) is 0 Å². The standard InChI is InChI=1S/C9H13NO7.C4H10N2O/c11-6(2-4-8(14)15)10-5(9(16)17)1-3-7(12)13;5-3-1-2-4(6)7/h5H,1-4H2,(H,10,11)(H,12,13)(H,14,15)(H,16,17);1-3,5H2,(H2,6,7). The van der Waals surface area contributed by atoms with E-state index in [0.29, 0.717) is 19.4 Å². The van der Waals surface area contributed by atoms with Crippen LogP contribution in [0.1, 0.15) is 38.5 Å². The van der Waals surface area contributed by atoms with Gasteiger partial charge >= 0.3 is 17.9 Å². The van der Waals surface area contributed by atoms with Crippen molar-refractivity contribution in [1.29, 1.82) is 0 Å². The average Bonchev–Trinajstić information content (AvgIpc) is 2.47. The summed E-state index contributed by atoms with van der Waals surface area (Å²) >= 11 is 0. The molecule has 11 nitrogen and oxygen atoms in total. The molecule has 0 aliphatic carbocycles. The largest absolute Gasteiger partial charge is 0.481 e. The summed E-state index contributed by atoms with van der Waals surface area (Å²) in [4.78, 5) is 52.1. The molecule has 1 atom stereocenters. The lowest BCUT2D eigenvalue weighted by molar-refractivity contribution is -0.143. The maximum Gasteiger partial charge on any atom is 0.326 e. The number of rotatable bonds is 11. The van der Waals surface area contributed by atoms with Gasteiger partial charge in [0.25, 0.3) is 0 Å². The van der Waals surface area contributed by atoms with Crippen molar-refractivity contribution in [3.8, 4) is 0 Å². The van der Waals surface area contributed by atoms with E-state index >= 15 is 0 Å². The normalized spacial score (nSPS) is 10.7. The van der Waals surface area contributed by atoms with Crippen molar-refractivity contribution in [3.63, 3.8) is 0 Å². The molecule has 0 fully saturated rings. The number of hydrogen-bond donors (Lipinski definition) is 6. The van der Waals surface area contributed by atoms with E-state index < -0.39 is 42.7 Å². The molecule has 0 aromatic carbocycles. The molecule has 8 N–H and O–H groups in total. The molecule has 0 radical (unpaired) electrons. The molecule has 0 saturated heterocycles. The Morgan fingerprint density at radius 2 is 1.42 bits per heavy atom. The number of amides is 2. The smallest absolute Gasteiger partial charge is 0.326 e. The molecule has 0 spiro atoms. The zero-order chi connectivity index (χ0) is 19.1. The highest BCUT2D eigenvalue weighted by atomic mass is 16.4. The van der Waals surface area contributed by atoms with Gasteiger partial charge in [0, 0.05) is 19.3 Å². The number of nitrogens with two attached hydrogens (primary N) is 2. The van der Waals surface area contributed by atoms with Gasteiger partial charge in [-0.2, -0.15) is 0 Å². The lowest BCUT2D eigenvalue weighted by atomic mass is 10.1. The third kappa shape index (κ3) is 17.4. The van der Waals surface area contributed by atoms with Crippen LogP contribution in [0.15, 0.2) is 0 Å². The number of carboxylic acid groups (broad SMARTS) is 3. The van der Waals surface area contributed by atoms with Gasteiger partial charge in [-0.05, 0) is 19.4 Å². The average molecular weight is 349 g/mol. The van der Waals surface area contributed by atoms with Crippen LogP contribution < -0.4 is 16.8 Å². The fourth-order valence-electron chi connectivity index (χ4n) is 1.29. The van der Waals surface area contributed by atoms with Crippen molar-refractivity contribution in [2.45, 2.75) is 44.6 Å². The molecular formula is C13H23N3O8. The zero-order valence-electron chi connectivity index (χ0n) is 13.1. The monoisotopic (exact) mass is 349 g/mol. The van der Waals surface area contributed by atoms with E-state index in [9.17, 15) is 24.0 Å². The topological polar surface area (TPSA) is 210 Å². The van der Waals surface area contributed by atoms with Gasteiger partial charge in [0.05, 0.1) is 6.42 Å². The molecular weight excluding hydrogens is 326 g/mol. The van der Waals surface area contributed by atoms with Crippen molar-refractivity contribution in [2.75, 3.05) is 6.54 Å². The van der Waals surface area contributed by atoms with E-state index in [0.717, 1.165) is 0 Å². The second-order valence-corrected chi connectivity index (χ2v) is 4.64. The van der Waals surface area contributed by atoms with Gasteiger partial charge in [-0.25, -0.2) is 4.79 Å². The molecule has 138 valence electrons. The van der Waals surface area contributed by atoms with Crippen LogP contribution >= 0.6 is 0 Å². The van der Waals surface area contributed by atoms with Crippen LogP contribution in [-0.2, 0) is 24.0 Å². The summed E-state index contributed by atoms with van der Waals surface area (Å²) < 4.78 is 0. The van der Waals surface area contributed by atoms with Gasteiger partial charge in [0.2, 0.25) is 11.8 Å². The molecule has 0 rings (SSSR count). The van der Waals surface area contributed by atoms with Gasteiger partial charge in [-0.15, -0.1) is 0 Å². The first-order valence-corrected chi connectivity index (χ1v) is 7.04. The third-order valence-electron chi connectivity index (χ3n) is 2.47. The van der Waals surface area contributed by atoms with Gasteiger partial charge in [0.1, 0.15) is 6.04 Å². The summed E-state index contributed by atoms with van der Waals surface area (Å²) in [6, 6.07) is -1.31. The van der Waals surface area contributed by atoms with Gasteiger partial charge < -0.3 is 32.1 Å². The van der Waals surface area contributed by atoms with Crippen molar-refractivity contribution >= 4 is 29.7 Å². The van der Waals surface area contributed by atoms with Crippen LogP contribution in [0.5, 0.6) is 0 Å². The highest BCUT2D eigenvalue weighted by Crippen LogP contribution is 1.99. The maximum atomic E-state index is 11.1. The van der Waals surface area contributed by atoms with E-state index in [1.165, 1.54) is 0 Å².